The molecular formula is C11H18N2O. The molecule has 3 fully saturated rings. The SMILES string of the molecule is C[C@@H]1CCCN1C(=O)C1[C@H]2CNC[C@@H]12. The molecule has 2 heterocycles. The van der Waals surface area contributed by atoms with Gasteiger partial charge in [0.25, 0.3) is 0 Å². The molecule has 14 heavy (non-hydrogen) atoms. The quantitative estimate of drug-likeness (QED) is 0.658. The van der Waals surface area contributed by atoms with Crippen molar-refractivity contribution in [2.75, 3.05) is 19.6 Å². The Labute approximate surface area is 84.8 Å². The lowest BCUT2D eigenvalue weighted by Crippen LogP contribution is -2.37. The summed E-state index contributed by atoms with van der Waals surface area (Å²) in [7, 11) is 0. The van der Waals surface area contributed by atoms with Gasteiger partial charge in [0.05, 0.1) is 0 Å². The summed E-state index contributed by atoms with van der Waals surface area (Å²) < 4.78 is 0. The first-order valence-corrected chi connectivity index (χ1v) is 5.80. The fraction of sp³-hybridized carbons (Fsp3) is 0.909. The zero-order chi connectivity index (χ0) is 9.71. The van der Waals surface area contributed by atoms with E-state index in [-0.39, 0.29) is 0 Å². The van der Waals surface area contributed by atoms with E-state index < -0.39 is 0 Å². The molecule has 2 saturated heterocycles. The predicted octanol–water partition coefficient (Wildman–Crippen LogP) is 0.463. The Hall–Kier alpha value is -0.570. The van der Waals surface area contributed by atoms with Gasteiger partial charge in [-0.15, -0.1) is 0 Å². The monoisotopic (exact) mass is 194 g/mol. The van der Waals surface area contributed by atoms with Crippen LogP contribution in [0.2, 0.25) is 0 Å². The van der Waals surface area contributed by atoms with E-state index in [4.69, 9.17) is 0 Å². The number of nitrogens with one attached hydrogen (secondary N) is 1. The fourth-order valence-corrected chi connectivity index (χ4v) is 3.24. The van der Waals surface area contributed by atoms with Crippen LogP contribution in [0.3, 0.4) is 0 Å². The summed E-state index contributed by atoms with van der Waals surface area (Å²) in [5, 5.41) is 3.34. The van der Waals surface area contributed by atoms with Crippen molar-refractivity contribution in [2.24, 2.45) is 17.8 Å². The molecule has 1 unspecified atom stereocenters. The van der Waals surface area contributed by atoms with Gasteiger partial charge in [-0.1, -0.05) is 0 Å². The number of piperidine rings is 1. The van der Waals surface area contributed by atoms with Gasteiger partial charge in [-0.3, -0.25) is 4.79 Å². The Morgan fingerprint density at radius 2 is 2.07 bits per heavy atom. The van der Waals surface area contributed by atoms with E-state index in [1.165, 1.54) is 12.8 Å². The predicted molar refractivity (Wildman–Crippen MR) is 53.7 cm³/mol. The van der Waals surface area contributed by atoms with Gasteiger partial charge in [0.1, 0.15) is 0 Å². The first-order chi connectivity index (χ1) is 6.79. The van der Waals surface area contributed by atoms with Gasteiger partial charge < -0.3 is 10.2 Å². The molecule has 2 aliphatic heterocycles. The topological polar surface area (TPSA) is 32.3 Å². The Bertz CT molecular complexity index is 256. The number of carbonyl (C=O) groups is 1. The van der Waals surface area contributed by atoms with Crippen molar-refractivity contribution in [3.63, 3.8) is 0 Å². The van der Waals surface area contributed by atoms with Gasteiger partial charge in [0.15, 0.2) is 0 Å². The summed E-state index contributed by atoms with van der Waals surface area (Å²) >= 11 is 0. The second-order valence-electron chi connectivity index (χ2n) is 5.03. The normalized spacial score (nSPS) is 45.4. The maximum Gasteiger partial charge on any atom is 0.226 e. The summed E-state index contributed by atoms with van der Waals surface area (Å²) in [4.78, 5) is 14.2. The molecule has 0 radical (unpaired) electrons. The third-order valence-electron chi connectivity index (χ3n) is 4.21. The molecule has 1 amide bonds. The van der Waals surface area contributed by atoms with Crippen LogP contribution in [0.15, 0.2) is 0 Å². The number of hydrogen-bond donors (Lipinski definition) is 1. The van der Waals surface area contributed by atoms with E-state index in [9.17, 15) is 4.79 Å². The summed E-state index contributed by atoms with van der Waals surface area (Å²) in [6, 6.07) is 0.497. The smallest absolute Gasteiger partial charge is 0.226 e. The highest BCUT2D eigenvalue weighted by Crippen LogP contribution is 2.50. The Morgan fingerprint density at radius 3 is 2.64 bits per heavy atom. The summed E-state index contributed by atoms with van der Waals surface area (Å²) in [6.07, 6.45) is 2.40. The molecule has 1 saturated carbocycles. The van der Waals surface area contributed by atoms with Crippen molar-refractivity contribution >= 4 is 5.91 Å². The molecule has 78 valence electrons. The van der Waals surface area contributed by atoms with Crippen LogP contribution in [-0.4, -0.2) is 36.5 Å². The van der Waals surface area contributed by atoms with Crippen LogP contribution >= 0.6 is 0 Å². The average Bonchev–Trinajstić information content (AvgIpc) is 2.57. The fourth-order valence-electron chi connectivity index (χ4n) is 3.24. The van der Waals surface area contributed by atoms with Crippen LogP contribution in [0, 0.1) is 17.8 Å². The number of hydrogen-bond acceptors (Lipinski definition) is 2. The Morgan fingerprint density at radius 1 is 1.36 bits per heavy atom. The minimum absolute atomic E-state index is 0.386. The maximum absolute atomic E-state index is 12.1. The maximum atomic E-state index is 12.1. The second kappa shape index (κ2) is 2.96. The van der Waals surface area contributed by atoms with Gasteiger partial charge in [-0.2, -0.15) is 0 Å². The van der Waals surface area contributed by atoms with Crippen LogP contribution in [0.5, 0.6) is 0 Å². The highest BCUT2D eigenvalue weighted by Gasteiger charge is 2.58. The number of likely N-dealkylation sites (tertiary alicyclic amines) is 1. The van der Waals surface area contributed by atoms with Crippen LogP contribution in [-0.2, 0) is 4.79 Å². The molecule has 0 aromatic carbocycles. The van der Waals surface area contributed by atoms with Crippen molar-refractivity contribution in [1.82, 2.24) is 10.2 Å². The van der Waals surface area contributed by atoms with E-state index in [2.05, 4.69) is 17.1 Å². The molecule has 4 atom stereocenters. The van der Waals surface area contributed by atoms with Gasteiger partial charge in [-0.25, -0.2) is 0 Å². The number of nitrogens with zero attached hydrogens (tertiary/aromatic N) is 1. The molecule has 0 aromatic rings. The standard InChI is InChI=1S/C11H18N2O/c1-7-3-2-4-13(7)11(14)10-8-5-12-6-9(8)10/h7-10,12H,2-6H2,1H3/t7-,8-,9+,10?/m1/s1. The largest absolute Gasteiger partial charge is 0.340 e. The molecule has 0 aromatic heterocycles. The third kappa shape index (κ3) is 1.11. The minimum Gasteiger partial charge on any atom is -0.340 e. The summed E-state index contributed by atoms with van der Waals surface area (Å²) in [5.74, 6) is 2.19. The number of fused-ring (bicyclic) bond motifs is 1. The molecule has 3 nitrogen and oxygen atoms in total. The number of carbonyl (C=O) groups excluding carboxylic acids is 1. The van der Waals surface area contributed by atoms with E-state index >= 15 is 0 Å². The molecular weight excluding hydrogens is 176 g/mol. The van der Waals surface area contributed by atoms with E-state index in [1.807, 2.05) is 0 Å². The van der Waals surface area contributed by atoms with E-state index in [0.717, 1.165) is 19.6 Å². The highest BCUT2D eigenvalue weighted by atomic mass is 16.2. The van der Waals surface area contributed by atoms with Crippen molar-refractivity contribution < 1.29 is 4.79 Å². The number of rotatable bonds is 1. The summed E-state index contributed by atoms with van der Waals surface area (Å²) in [5.41, 5.74) is 0. The molecule has 0 spiro atoms. The zero-order valence-electron chi connectivity index (χ0n) is 8.70. The molecule has 1 aliphatic carbocycles. The Balaban J connectivity index is 1.66. The lowest BCUT2D eigenvalue weighted by Gasteiger charge is -2.22. The second-order valence-corrected chi connectivity index (χ2v) is 5.03. The van der Waals surface area contributed by atoms with E-state index in [1.54, 1.807) is 0 Å². The van der Waals surface area contributed by atoms with Crippen LogP contribution in [0.4, 0.5) is 0 Å². The zero-order valence-corrected chi connectivity index (χ0v) is 8.70. The van der Waals surface area contributed by atoms with Crippen LogP contribution in [0.25, 0.3) is 0 Å². The van der Waals surface area contributed by atoms with Gasteiger partial charge in [-0.05, 0) is 44.7 Å². The number of amides is 1. The van der Waals surface area contributed by atoms with E-state index in [0.29, 0.717) is 29.7 Å². The first kappa shape index (κ1) is 8.72. The van der Waals surface area contributed by atoms with Crippen LogP contribution in [0.1, 0.15) is 19.8 Å². The van der Waals surface area contributed by atoms with Gasteiger partial charge in [0, 0.05) is 18.5 Å². The first-order valence-electron chi connectivity index (χ1n) is 5.80. The van der Waals surface area contributed by atoms with Crippen molar-refractivity contribution in [2.45, 2.75) is 25.8 Å². The molecule has 1 N–H and O–H groups in total. The summed E-state index contributed by atoms with van der Waals surface area (Å²) in [6.45, 7) is 5.33. The van der Waals surface area contributed by atoms with Crippen molar-refractivity contribution in [1.29, 1.82) is 0 Å². The van der Waals surface area contributed by atoms with Crippen molar-refractivity contribution in [3.05, 3.63) is 0 Å². The molecule has 3 rings (SSSR count). The third-order valence-corrected chi connectivity index (χ3v) is 4.21. The van der Waals surface area contributed by atoms with Gasteiger partial charge >= 0.3 is 0 Å². The molecule has 3 heteroatoms. The van der Waals surface area contributed by atoms with Gasteiger partial charge in [0.2, 0.25) is 5.91 Å². The Kier molecular flexibility index (Phi) is 1.84. The van der Waals surface area contributed by atoms with Crippen LogP contribution < -0.4 is 5.32 Å². The van der Waals surface area contributed by atoms with Crippen molar-refractivity contribution in [3.8, 4) is 0 Å². The molecule has 0 bridgehead atoms. The average molecular weight is 194 g/mol. The lowest BCUT2D eigenvalue weighted by molar-refractivity contribution is -0.133. The lowest BCUT2D eigenvalue weighted by atomic mass is 10.2. The highest BCUT2D eigenvalue weighted by molar-refractivity contribution is 5.83. The molecule has 3 aliphatic rings. The minimum atomic E-state index is 0.386.